The van der Waals surface area contributed by atoms with Crippen molar-refractivity contribution in [3.8, 4) is 0 Å². The standard InChI is InChI=1S/C17H32Si/c1-7-15(5)18(16(6)8-2)14-12-11-13-17(18,9-3)10-4/h7-8,15-16H,1-2,9-14H2,3-6H3. The molecule has 0 aromatic carbocycles. The molecule has 0 radical (unpaired) electrons. The Balaban J connectivity index is 3.34. The zero-order valence-corrected chi connectivity index (χ0v) is 14.0. The van der Waals surface area contributed by atoms with Gasteiger partial charge in [0, 0.05) is 0 Å². The lowest BCUT2D eigenvalue weighted by atomic mass is 9.94. The molecule has 0 saturated carbocycles. The van der Waals surface area contributed by atoms with Gasteiger partial charge in [0.05, 0.1) is 8.07 Å². The van der Waals surface area contributed by atoms with Crippen molar-refractivity contribution in [3.05, 3.63) is 25.3 Å². The molecule has 1 heteroatoms. The predicted octanol–water partition coefficient (Wildman–Crippen LogP) is 6.33. The quantitative estimate of drug-likeness (QED) is 0.388. The second kappa shape index (κ2) is 6.23. The third-order valence-electron chi connectivity index (χ3n) is 6.17. The van der Waals surface area contributed by atoms with Crippen LogP contribution in [0, 0.1) is 0 Å². The van der Waals surface area contributed by atoms with E-state index in [2.05, 4.69) is 53.0 Å². The van der Waals surface area contributed by atoms with E-state index >= 15 is 0 Å². The highest BCUT2D eigenvalue weighted by molar-refractivity contribution is 6.86. The lowest BCUT2D eigenvalue weighted by molar-refractivity contribution is 0.400. The Morgan fingerprint density at radius 2 is 1.56 bits per heavy atom. The molecule has 0 N–H and O–H groups in total. The lowest BCUT2D eigenvalue weighted by Gasteiger charge is -2.57. The van der Waals surface area contributed by atoms with Crippen LogP contribution in [0.15, 0.2) is 25.3 Å². The molecule has 0 aliphatic carbocycles. The Morgan fingerprint density at radius 1 is 1.06 bits per heavy atom. The molecule has 0 spiro atoms. The topological polar surface area (TPSA) is 0 Å². The maximum Gasteiger partial charge on any atom is 0.0729 e. The molecule has 0 aromatic rings. The normalized spacial score (nSPS) is 30.4. The van der Waals surface area contributed by atoms with E-state index in [1.165, 1.54) is 38.1 Å². The van der Waals surface area contributed by atoms with Gasteiger partial charge in [-0.2, -0.15) is 0 Å². The second-order valence-corrected chi connectivity index (χ2v) is 11.7. The number of rotatable bonds is 6. The van der Waals surface area contributed by atoms with Gasteiger partial charge in [0.25, 0.3) is 0 Å². The van der Waals surface area contributed by atoms with Crippen molar-refractivity contribution < 1.29 is 0 Å². The Hall–Kier alpha value is -0.303. The fraction of sp³-hybridized carbons (Fsp3) is 0.765. The maximum absolute atomic E-state index is 4.13. The third-order valence-corrected chi connectivity index (χ3v) is 14.0. The number of hydrogen-bond acceptors (Lipinski definition) is 0. The van der Waals surface area contributed by atoms with Gasteiger partial charge >= 0.3 is 0 Å². The van der Waals surface area contributed by atoms with Gasteiger partial charge in [0.2, 0.25) is 0 Å². The average molecular weight is 265 g/mol. The van der Waals surface area contributed by atoms with Crippen molar-refractivity contribution in [3.63, 3.8) is 0 Å². The number of allylic oxidation sites excluding steroid dienone is 2. The van der Waals surface area contributed by atoms with Gasteiger partial charge in [-0.15, -0.1) is 13.2 Å². The van der Waals surface area contributed by atoms with Crippen LogP contribution in [-0.4, -0.2) is 8.07 Å². The molecular formula is C17H32Si. The summed E-state index contributed by atoms with van der Waals surface area (Å²) in [5, 5.41) is 0.618. The zero-order chi connectivity index (χ0) is 13.8. The van der Waals surface area contributed by atoms with Crippen molar-refractivity contribution in [1.82, 2.24) is 0 Å². The van der Waals surface area contributed by atoms with Gasteiger partial charge in [0.1, 0.15) is 0 Å². The van der Waals surface area contributed by atoms with Crippen LogP contribution in [0.2, 0.25) is 22.2 Å². The van der Waals surface area contributed by atoms with E-state index < -0.39 is 8.07 Å². The van der Waals surface area contributed by atoms with E-state index in [0.29, 0.717) is 16.1 Å². The molecule has 0 nitrogen and oxygen atoms in total. The summed E-state index contributed by atoms with van der Waals surface area (Å²) < 4.78 is 0. The average Bonchev–Trinajstić information content (AvgIpc) is 2.44. The highest BCUT2D eigenvalue weighted by Gasteiger charge is 2.56. The van der Waals surface area contributed by atoms with Crippen molar-refractivity contribution in [2.45, 2.75) is 82.0 Å². The SMILES string of the molecule is C=CC(C)[Si]1(C(C)C=C)CCCCC1(CC)CC. The van der Waals surface area contributed by atoms with E-state index in [1.54, 1.807) is 0 Å². The van der Waals surface area contributed by atoms with Crippen molar-refractivity contribution in [2.24, 2.45) is 0 Å². The highest BCUT2D eigenvalue weighted by atomic mass is 28.3. The molecule has 1 aliphatic rings. The van der Waals surface area contributed by atoms with Crippen molar-refractivity contribution >= 4 is 8.07 Å². The summed E-state index contributed by atoms with van der Waals surface area (Å²) in [5.41, 5.74) is 1.43. The van der Waals surface area contributed by atoms with Crippen LogP contribution in [0.1, 0.15) is 59.8 Å². The summed E-state index contributed by atoms with van der Waals surface area (Å²) in [6, 6.07) is 1.48. The minimum Gasteiger partial charge on any atom is -0.103 e. The number of hydrogen-bond donors (Lipinski definition) is 0. The first-order valence-electron chi connectivity index (χ1n) is 7.79. The van der Waals surface area contributed by atoms with Gasteiger partial charge in [-0.25, -0.2) is 0 Å². The van der Waals surface area contributed by atoms with Gasteiger partial charge in [0.15, 0.2) is 0 Å². The molecule has 0 amide bonds. The summed E-state index contributed by atoms with van der Waals surface area (Å²) in [7, 11) is -1.41. The summed E-state index contributed by atoms with van der Waals surface area (Å²) >= 11 is 0. The molecule has 0 aromatic heterocycles. The van der Waals surface area contributed by atoms with Gasteiger partial charge < -0.3 is 0 Å². The Kier molecular flexibility index (Phi) is 5.45. The fourth-order valence-electron chi connectivity index (χ4n) is 4.90. The molecule has 1 fully saturated rings. The molecule has 1 rings (SSSR count). The van der Waals surface area contributed by atoms with E-state index in [0.717, 1.165) is 0 Å². The minimum atomic E-state index is -1.41. The predicted molar refractivity (Wildman–Crippen MR) is 86.9 cm³/mol. The van der Waals surface area contributed by atoms with Crippen LogP contribution in [0.3, 0.4) is 0 Å². The first-order valence-corrected chi connectivity index (χ1v) is 10.2. The highest BCUT2D eigenvalue weighted by Crippen LogP contribution is 2.63. The first-order chi connectivity index (χ1) is 8.54. The zero-order valence-electron chi connectivity index (χ0n) is 13.0. The van der Waals surface area contributed by atoms with Crippen LogP contribution >= 0.6 is 0 Å². The van der Waals surface area contributed by atoms with E-state index in [-0.39, 0.29) is 0 Å². The van der Waals surface area contributed by atoms with E-state index in [9.17, 15) is 0 Å². The summed E-state index contributed by atoms with van der Waals surface area (Å²) in [4.78, 5) is 0. The van der Waals surface area contributed by atoms with Crippen LogP contribution in [0.5, 0.6) is 0 Å². The molecule has 1 heterocycles. The molecule has 1 saturated heterocycles. The molecule has 104 valence electrons. The summed E-state index contributed by atoms with van der Waals surface area (Å²) in [6.07, 6.45) is 11.5. The van der Waals surface area contributed by atoms with Gasteiger partial charge in [-0.05, 0) is 22.5 Å². The molecule has 2 atom stereocenters. The van der Waals surface area contributed by atoms with E-state index in [4.69, 9.17) is 0 Å². The largest absolute Gasteiger partial charge is 0.103 e. The van der Waals surface area contributed by atoms with Gasteiger partial charge in [-0.3, -0.25) is 0 Å². The molecule has 0 bridgehead atoms. The molecule has 18 heavy (non-hydrogen) atoms. The molecule has 1 aliphatic heterocycles. The lowest BCUT2D eigenvalue weighted by Crippen LogP contribution is -2.54. The van der Waals surface area contributed by atoms with Crippen molar-refractivity contribution in [2.75, 3.05) is 0 Å². The Morgan fingerprint density at radius 3 is 1.94 bits per heavy atom. The van der Waals surface area contributed by atoms with Crippen LogP contribution < -0.4 is 0 Å². The summed E-state index contributed by atoms with van der Waals surface area (Å²) in [5.74, 6) is 0. The second-order valence-electron chi connectivity index (χ2n) is 6.28. The van der Waals surface area contributed by atoms with E-state index in [1.807, 2.05) is 0 Å². The van der Waals surface area contributed by atoms with Gasteiger partial charge in [-0.1, -0.05) is 71.6 Å². The van der Waals surface area contributed by atoms with Crippen LogP contribution in [0.25, 0.3) is 0 Å². The maximum atomic E-state index is 4.13. The first kappa shape index (κ1) is 15.8. The fourth-order valence-corrected chi connectivity index (χ4v) is 12.7. The van der Waals surface area contributed by atoms with Crippen LogP contribution in [-0.2, 0) is 0 Å². The monoisotopic (exact) mass is 264 g/mol. The minimum absolute atomic E-state index is 0.618. The smallest absolute Gasteiger partial charge is 0.0729 e. The Labute approximate surface area is 116 Å². The summed E-state index contributed by atoms with van der Waals surface area (Å²) in [6.45, 7) is 18.0. The molecule has 2 unspecified atom stereocenters. The third kappa shape index (κ3) is 2.15. The Bertz CT molecular complexity index is 274. The molecular weight excluding hydrogens is 232 g/mol. The van der Waals surface area contributed by atoms with Crippen molar-refractivity contribution in [1.29, 1.82) is 0 Å². The van der Waals surface area contributed by atoms with Crippen LogP contribution in [0.4, 0.5) is 0 Å².